The lowest BCUT2D eigenvalue weighted by molar-refractivity contribution is -0.154. The molecular formula is C12H16N2O4. The number of nitrogens with zero attached hydrogens (tertiary/aromatic N) is 2. The van der Waals surface area contributed by atoms with E-state index >= 15 is 0 Å². The van der Waals surface area contributed by atoms with Gasteiger partial charge >= 0.3 is 5.97 Å². The van der Waals surface area contributed by atoms with Gasteiger partial charge in [0.05, 0.1) is 18.2 Å². The highest BCUT2D eigenvalue weighted by Gasteiger charge is 2.40. The minimum absolute atomic E-state index is 0.378. The Labute approximate surface area is 105 Å². The molecule has 2 heterocycles. The summed E-state index contributed by atoms with van der Waals surface area (Å²) in [5, 5.41) is 17.3. The molecule has 0 radical (unpaired) electrons. The Morgan fingerprint density at radius 2 is 2.17 bits per heavy atom. The molecule has 0 aliphatic carbocycles. The molecule has 1 aliphatic rings. The van der Waals surface area contributed by atoms with Crippen LogP contribution in [0.2, 0.25) is 0 Å². The second-order valence-corrected chi connectivity index (χ2v) is 4.44. The molecule has 1 aliphatic heterocycles. The number of carboxylic acid groups (broad SMARTS) is 1. The highest BCUT2D eigenvalue weighted by molar-refractivity contribution is 5.75. The van der Waals surface area contributed by atoms with E-state index in [0.717, 1.165) is 0 Å². The van der Waals surface area contributed by atoms with Gasteiger partial charge in [0.15, 0.2) is 0 Å². The van der Waals surface area contributed by atoms with Gasteiger partial charge in [-0.25, -0.2) is 0 Å². The van der Waals surface area contributed by atoms with E-state index < -0.39 is 11.4 Å². The van der Waals surface area contributed by atoms with Crippen molar-refractivity contribution in [3.8, 4) is 5.88 Å². The van der Waals surface area contributed by atoms with Crippen molar-refractivity contribution in [2.75, 3.05) is 20.3 Å². The number of carboxylic acids is 1. The van der Waals surface area contributed by atoms with Gasteiger partial charge in [-0.05, 0) is 18.9 Å². The second kappa shape index (κ2) is 5.30. The maximum absolute atomic E-state index is 11.5. The summed E-state index contributed by atoms with van der Waals surface area (Å²) >= 11 is 0. The normalized spacial score (nSPS) is 18.3. The molecule has 6 heteroatoms. The van der Waals surface area contributed by atoms with Crippen LogP contribution < -0.4 is 4.74 Å². The minimum Gasteiger partial charge on any atom is -0.481 e. The van der Waals surface area contributed by atoms with Crippen LogP contribution in [0.4, 0.5) is 0 Å². The molecular weight excluding hydrogens is 236 g/mol. The van der Waals surface area contributed by atoms with Crippen LogP contribution in [-0.2, 0) is 16.0 Å². The van der Waals surface area contributed by atoms with Crippen molar-refractivity contribution in [3.05, 3.63) is 17.8 Å². The van der Waals surface area contributed by atoms with Crippen LogP contribution in [0, 0.1) is 5.41 Å². The molecule has 1 fully saturated rings. The summed E-state index contributed by atoms with van der Waals surface area (Å²) in [7, 11) is 1.51. The van der Waals surface area contributed by atoms with Gasteiger partial charge in [-0.15, -0.1) is 5.10 Å². The van der Waals surface area contributed by atoms with Gasteiger partial charge in [0.2, 0.25) is 5.88 Å². The van der Waals surface area contributed by atoms with Crippen LogP contribution >= 0.6 is 0 Å². The van der Waals surface area contributed by atoms with Crippen LogP contribution in [0.25, 0.3) is 0 Å². The molecule has 18 heavy (non-hydrogen) atoms. The zero-order chi connectivity index (χ0) is 13.0. The number of aliphatic carboxylic acids is 1. The van der Waals surface area contributed by atoms with Crippen LogP contribution in [0.5, 0.6) is 5.88 Å². The third kappa shape index (κ3) is 2.59. The monoisotopic (exact) mass is 252 g/mol. The molecule has 1 aromatic heterocycles. The van der Waals surface area contributed by atoms with E-state index in [9.17, 15) is 9.90 Å². The third-order valence-electron chi connectivity index (χ3n) is 3.33. The fraction of sp³-hybridized carbons (Fsp3) is 0.583. The summed E-state index contributed by atoms with van der Waals surface area (Å²) in [6.45, 7) is 0.964. The van der Waals surface area contributed by atoms with Crippen molar-refractivity contribution in [1.29, 1.82) is 0 Å². The number of carbonyl (C=O) groups is 1. The lowest BCUT2D eigenvalue weighted by Crippen LogP contribution is -2.39. The standard InChI is InChI=1S/C12H16N2O4/c1-17-10-3-2-9(13-14-10)8-12(11(15)16)4-6-18-7-5-12/h2-3H,4-8H2,1H3,(H,15,16). The van der Waals surface area contributed by atoms with Crippen molar-refractivity contribution in [1.82, 2.24) is 10.2 Å². The molecule has 0 amide bonds. The van der Waals surface area contributed by atoms with E-state index in [-0.39, 0.29) is 0 Å². The number of ether oxygens (including phenoxy) is 2. The Balaban J connectivity index is 2.15. The zero-order valence-electron chi connectivity index (χ0n) is 10.3. The molecule has 1 aromatic rings. The third-order valence-corrected chi connectivity index (χ3v) is 3.33. The highest BCUT2D eigenvalue weighted by Crippen LogP contribution is 2.34. The summed E-state index contributed by atoms with van der Waals surface area (Å²) < 4.78 is 10.2. The molecule has 6 nitrogen and oxygen atoms in total. The number of rotatable bonds is 4. The van der Waals surface area contributed by atoms with Crippen molar-refractivity contribution in [3.63, 3.8) is 0 Å². The molecule has 98 valence electrons. The van der Waals surface area contributed by atoms with Gasteiger partial charge in [0, 0.05) is 25.7 Å². The Morgan fingerprint density at radius 3 is 2.67 bits per heavy atom. The number of hydrogen-bond donors (Lipinski definition) is 1. The van der Waals surface area contributed by atoms with Crippen molar-refractivity contribution in [2.45, 2.75) is 19.3 Å². The first-order valence-electron chi connectivity index (χ1n) is 5.84. The lowest BCUT2D eigenvalue weighted by atomic mass is 9.76. The predicted octanol–water partition coefficient (Wildman–Crippen LogP) is 0.909. The summed E-state index contributed by atoms with van der Waals surface area (Å²) in [5.41, 5.74) is -0.110. The summed E-state index contributed by atoms with van der Waals surface area (Å²) in [6.07, 6.45) is 1.40. The van der Waals surface area contributed by atoms with E-state index in [1.165, 1.54) is 7.11 Å². The van der Waals surface area contributed by atoms with E-state index in [2.05, 4.69) is 10.2 Å². The van der Waals surface area contributed by atoms with Crippen molar-refractivity contribution < 1.29 is 19.4 Å². The van der Waals surface area contributed by atoms with Crippen LogP contribution in [0.1, 0.15) is 18.5 Å². The summed E-state index contributed by atoms with van der Waals surface area (Å²) in [5.74, 6) is -0.362. The summed E-state index contributed by atoms with van der Waals surface area (Å²) in [4.78, 5) is 11.5. The average molecular weight is 252 g/mol. The molecule has 0 atom stereocenters. The number of methoxy groups -OCH3 is 1. The van der Waals surface area contributed by atoms with Gasteiger partial charge in [0.1, 0.15) is 0 Å². The van der Waals surface area contributed by atoms with Crippen LogP contribution in [0.3, 0.4) is 0 Å². The fourth-order valence-corrected chi connectivity index (χ4v) is 2.13. The topological polar surface area (TPSA) is 81.5 Å². The molecule has 2 rings (SSSR count). The molecule has 1 N–H and O–H groups in total. The Hall–Kier alpha value is -1.69. The predicted molar refractivity (Wildman–Crippen MR) is 62.4 cm³/mol. The van der Waals surface area contributed by atoms with E-state index in [1.807, 2.05) is 0 Å². The van der Waals surface area contributed by atoms with Crippen molar-refractivity contribution >= 4 is 5.97 Å². The smallest absolute Gasteiger partial charge is 0.310 e. The first-order valence-corrected chi connectivity index (χ1v) is 5.84. The summed E-state index contributed by atoms with van der Waals surface area (Å²) in [6, 6.07) is 3.45. The number of aromatic nitrogens is 2. The van der Waals surface area contributed by atoms with Gasteiger partial charge in [-0.3, -0.25) is 4.79 Å². The Kier molecular flexibility index (Phi) is 3.76. The molecule has 0 spiro atoms. The van der Waals surface area contributed by atoms with E-state index in [1.54, 1.807) is 12.1 Å². The quantitative estimate of drug-likeness (QED) is 0.857. The SMILES string of the molecule is COc1ccc(CC2(C(=O)O)CCOCC2)nn1. The first kappa shape index (κ1) is 12.8. The Bertz CT molecular complexity index is 413. The molecule has 0 unspecified atom stereocenters. The van der Waals surface area contributed by atoms with E-state index in [0.29, 0.717) is 44.1 Å². The van der Waals surface area contributed by atoms with Gasteiger partial charge < -0.3 is 14.6 Å². The van der Waals surface area contributed by atoms with Crippen LogP contribution in [0.15, 0.2) is 12.1 Å². The molecule has 0 aromatic carbocycles. The molecule has 0 bridgehead atoms. The van der Waals surface area contributed by atoms with Crippen molar-refractivity contribution in [2.24, 2.45) is 5.41 Å². The minimum atomic E-state index is -0.789. The van der Waals surface area contributed by atoms with Gasteiger partial charge in [0.25, 0.3) is 0 Å². The van der Waals surface area contributed by atoms with Crippen LogP contribution in [-0.4, -0.2) is 41.6 Å². The maximum Gasteiger partial charge on any atom is 0.310 e. The number of hydrogen-bond acceptors (Lipinski definition) is 5. The fourth-order valence-electron chi connectivity index (χ4n) is 2.13. The maximum atomic E-state index is 11.5. The van der Waals surface area contributed by atoms with E-state index in [4.69, 9.17) is 9.47 Å². The molecule has 0 saturated carbocycles. The zero-order valence-corrected chi connectivity index (χ0v) is 10.3. The first-order chi connectivity index (χ1) is 8.66. The average Bonchev–Trinajstić information content (AvgIpc) is 2.40. The molecule has 1 saturated heterocycles. The second-order valence-electron chi connectivity index (χ2n) is 4.44. The van der Waals surface area contributed by atoms with Gasteiger partial charge in [-0.1, -0.05) is 0 Å². The van der Waals surface area contributed by atoms with Gasteiger partial charge in [-0.2, -0.15) is 5.10 Å². The Morgan fingerprint density at radius 1 is 1.44 bits per heavy atom. The highest BCUT2D eigenvalue weighted by atomic mass is 16.5. The largest absolute Gasteiger partial charge is 0.481 e. The lowest BCUT2D eigenvalue weighted by Gasteiger charge is -2.32.